The number of aliphatic carboxylic acids is 1. The second kappa shape index (κ2) is 3.77. The molecule has 2 N–H and O–H groups in total. The molecule has 0 radical (unpaired) electrons. The zero-order valence-electron chi connectivity index (χ0n) is 8.27. The van der Waals surface area contributed by atoms with Crippen molar-refractivity contribution in [1.82, 2.24) is 0 Å². The van der Waals surface area contributed by atoms with Crippen molar-refractivity contribution in [2.75, 3.05) is 5.32 Å². The first-order chi connectivity index (χ1) is 7.59. The first-order valence-corrected chi connectivity index (χ1v) is 4.75. The molecule has 0 saturated carbocycles. The fourth-order valence-corrected chi connectivity index (χ4v) is 1.67. The van der Waals surface area contributed by atoms with E-state index in [9.17, 15) is 14.4 Å². The maximum atomic E-state index is 11.9. The number of nitrogens with one attached hydrogen (secondary N) is 1. The number of amides is 1. The third-order valence-electron chi connectivity index (χ3n) is 2.47. The van der Waals surface area contributed by atoms with Crippen molar-refractivity contribution >= 4 is 23.3 Å². The third-order valence-corrected chi connectivity index (χ3v) is 2.47. The number of carbonyl (C=O) groups is 3. The Morgan fingerprint density at radius 2 is 2.00 bits per heavy atom. The Morgan fingerprint density at radius 3 is 2.69 bits per heavy atom. The quantitative estimate of drug-likeness (QED) is 0.688. The Bertz CT molecular complexity index is 481. The van der Waals surface area contributed by atoms with Gasteiger partial charge in [0.15, 0.2) is 5.78 Å². The number of Topliss-reactive ketones (excluding diaryl/α,β-unsaturated/α-hetero) is 1. The van der Waals surface area contributed by atoms with Gasteiger partial charge in [0, 0.05) is 12.0 Å². The molecule has 0 bridgehead atoms. The number of carbonyl (C=O) groups excluding carboxylic acids is 2. The fourth-order valence-electron chi connectivity index (χ4n) is 1.67. The molecule has 1 aliphatic rings. The average Bonchev–Trinajstić information content (AvgIpc) is 2.37. The van der Waals surface area contributed by atoms with Gasteiger partial charge in [0.2, 0.25) is 5.91 Å². The molecule has 5 nitrogen and oxygen atoms in total. The molecule has 1 heterocycles. The van der Waals surface area contributed by atoms with E-state index in [1.807, 2.05) is 0 Å². The molecule has 1 atom stereocenters. The Balaban J connectivity index is 2.51. The van der Waals surface area contributed by atoms with Crippen LogP contribution in [0.2, 0.25) is 0 Å². The van der Waals surface area contributed by atoms with E-state index in [0.29, 0.717) is 5.69 Å². The summed E-state index contributed by atoms with van der Waals surface area (Å²) in [6.45, 7) is 0. The minimum absolute atomic E-state index is 0.251. The number of anilines is 1. The highest BCUT2D eigenvalue weighted by Crippen LogP contribution is 2.24. The van der Waals surface area contributed by atoms with E-state index >= 15 is 0 Å². The van der Waals surface area contributed by atoms with Gasteiger partial charge in [0.05, 0.1) is 5.69 Å². The Hall–Kier alpha value is -2.17. The number of rotatable bonds is 1. The van der Waals surface area contributed by atoms with E-state index in [4.69, 9.17) is 5.11 Å². The smallest absolute Gasteiger partial charge is 0.314 e. The Labute approximate surface area is 91.1 Å². The largest absolute Gasteiger partial charge is 0.481 e. The molecule has 0 spiro atoms. The first-order valence-electron chi connectivity index (χ1n) is 4.75. The number of benzene rings is 1. The fraction of sp³-hybridized carbons (Fsp3) is 0.182. The predicted octanol–water partition coefficient (Wildman–Crippen LogP) is 0.912. The lowest BCUT2D eigenvalue weighted by Crippen LogP contribution is -2.25. The standard InChI is InChI=1S/C11H9NO4/c13-9-5-7(11(15)16)10(14)6-3-1-2-4-8(6)12-9/h1-4,7H,5H2,(H,12,13)(H,15,16). The lowest BCUT2D eigenvalue weighted by molar-refractivity contribution is -0.141. The zero-order chi connectivity index (χ0) is 11.7. The second-order valence-electron chi connectivity index (χ2n) is 3.55. The van der Waals surface area contributed by atoms with Gasteiger partial charge in [-0.3, -0.25) is 14.4 Å². The van der Waals surface area contributed by atoms with Gasteiger partial charge in [-0.15, -0.1) is 0 Å². The first kappa shape index (κ1) is 10.4. The summed E-state index contributed by atoms with van der Waals surface area (Å²) in [7, 11) is 0. The Morgan fingerprint density at radius 1 is 1.31 bits per heavy atom. The summed E-state index contributed by atoms with van der Waals surface area (Å²) < 4.78 is 0. The van der Waals surface area contributed by atoms with Crippen LogP contribution < -0.4 is 5.32 Å². The highest BCUT2D eigenvalue weighted by atomic mass is 16.4. The van der Waals surface area contributed by atoms with Crippen LogP contribution in [0.3, 0.4) is 0 Å². The molecule has 1 unspecified atom stereocenters. The molecule has 0 saturated heterocycles. The lowest BCUT2D eigenvalue weighted by Gasteiger charge is -2.06. The molecular weight excluding hydrogens is 210 g/mol. The zero-order valence-corrected chi connectivity index (χ0v) is 8.27. The van der Waals surface area contributed by atoms with Crippen LogP contribution in [0.5, 0.6) is 0 Å². The van der Waals surface area contributed by atoms with E-state index < -0.39 is 23.6 Å². The molecule has 1 aromatic carbocycles. The topological polar surface area (TPSA) is 83.5 Å². The summed E-state index contributed by atoms with van der Waals surface area (Å²) >= 11 is 0. The molecule has 82 valence electrons. The van der Waals surface area contributed by atoms with Crippen LogP contribution in [0.25, 0.3) is 0 Å². The van der Waals surface area contributed by atoms with E-state index in [1.165, 1.54) is 6.07 Å². The minimum atomic E-state index is -1.29. The number of para-hydroxylation sites is 1. The third kappa shape index (κ3) is 1.67. The van der Waals surface area contributed by atoms with E-state index in [-0.39, 0.29) is 12.0 Å². The number of carboxylic acids is 1. The van der Waals surface area contributed by atoms with Crippen molar-refractivity contribution in [2.24, 2.45) is 5.92 Å². The molecular formula is C11H9NO4. The molecule has 0 fully saturated rings. The summed E-state index contributed by atoms with van der Waals surface area (Å²) in [5.41, 5.74) is 0.627. The molecule has 2 rings (SSSR count). The van der Waals surface area contributed by atoms with Crippen LogP contribution in [0, 0.1) is 5.92 Å². The van der Waals surface area contributed by atoms with E-state index in [0.717, 1.165) is 0 Å². The highest BCUT2D eigenvalue weighted by Gasteiger charge is 2.33. The summed E-state index contributed by atoms with van der Waals surface area (Å²) in [6, 6.07) is 6.40. The number of carboxylic acid groups (broad SMARTS) is 1. The molecule has 1 aliphatic heterocycles. The van der Waals surface area contributed by atoms with Gasteiger partial charge in [-0.25, -0.2) is 0 Å². The van der Waals surface area contributed by atoms with E-state index in [1.54, 1.807) is 18.2 Å². The number of hydrogen-bond acceptors (Lipinski definition) is 3. The molecule has 0 aromatic heterocycles. The molecule has 1 amide bonds. The van der Waals surface area contributed by atoms with Crippen molar-refractivity contribution < 1.29 is 19.5 Å². The van der Waals surface area contributed by atoms with Gasteiger partial charge in [-0.2, -0.15) is 0 Å². The van der Waals surface area contributed by atoms with Gasteiger partial charge in [0.1, 0.15) is 5.92 Å². The second-order valence-corrected chi connectivity index (χ2v) is 3.55. The maximum Gasteiger partial charge on any atom is 0.314 e. The lowest BCUT2D eigenvalue weighted by atomic mass is 9.95. The number of hydrogen-bond donors (Lipinski definition) is 2. The van der Waals surface area contributed by atoms with Crippen molar-refractivity contribution in [3.8, 4) is 0 Å². The molecule has 0 aliphatic carbocycles. The van der Waals surface area contributed by atoms with E-state index in [2.05, 4.69) is 5.32 Å². The van der Waals surface area contributed by atoms with Crippen molar-refractivity contribution in [2.45, 2.75) is 6.42 Å². The molecule has 5 heteroatoms. The predicted molar refractivity (Wildman–Crippen MR) is 55.1 cm³/mol. The van der Waals surface area contributed by atoms with Crippen LogP contribution in [-0.4, -0.2) is 22.8 Å². The number of fused-ring (bicyclic) bond motifs is 1. The van der Waals surface area contributed by atoms with Crippen molar-refractivity contribution in [1.29, 1.82) is 0 Å². The van der Waals surface area contributed by atoms with Gasteiger partial charge in [0.25, 0.3) is 0 Å². The summed E-state index contributed by atoms with van der Waals surface area (Å²) in [6.07, 6.45) is -0.317. The Kier molecular flexibility index (Phi) is 2.44. The van der Waals surface area contributed by atoms with Crippen LogP contribution >= 0.6 is 0 Å². The summed E-state index contributed by atoms with van der Waals surface area (Å²) in [4.78, 5) is 34.1. The monoisotopic (exact) mass is 219 g/mol. The van der Waals surface area contributed by atoms with Crippen LogP contribution in [0.1, 0.15) is 16.8 Å². The van der Waals surface area contributed by atoms with Crippen LogP contribution in [-0.2, 0) is 9.59 Å². The van der Waals surface area contributed by atoms with Crippen molar-refractivity contribution in [3.05, 3.63) is 29.8 Å². The van der Waals surface area contributed by atoms with Gasteiger partial charge in [-0.05, 0) is 12.1 Å². The van der Waals surface area contributed by atoms with Crippen LogP contribution in [0.4, 0.5) is 5.69 Å². The summed E-state index contributed by atoms with van der Waals surface area (Å²) in [5, 5.41) is 11.4. The molecule has 1 aromatic rings. The normalized spacial score (nSPS) is 19.6. The SMILES string of the molecule is O=C1CC(C(=O)O)C(=O)c2ccccc2N1. The van der Waals surface area contributed by atoms with Crippen molar-refractivity contribution in [3.63, 3.8) is 0 Å². The summed E-state index contributed by atoms with van der Waals surface area (Å²) in [5.74, 6) is -3.53. The molecule has 16 heavy (non-hydrogen) atoms. The minimum Gasteiger partial charge on any atom is -0.481 e. The van der Waals surface area contributed by atoms with Crippen LogP contribution in [0.15, 0.2) is 24.3 Å². The van der Waals surface area contributed by atoms with Gasteiger partial charge >= 0.3 is 5.97 Å². The highest BCUT2D eigenvalue weighted by molar-refractivity contribution is 6.16. The number of ketones is 1. The van der Waals surface area contributed by atoms with Gasteiger partial charge < -0.3 is 10.4 Å². The average molecular weight is 219 g/mol. The van der Waals surface area contributed by atoms with Gasteiger partial charge in [-0.1, -0.05) is 12.1 Å². The maximum absolute atomic E-state index is 11.9.